The second kappa shape index (κ2) is 6.17. The van der Waals surface area contributed by atoms with Gasteiger partial charge in [0, 0.05) is 13.0 Å². The van der Waals surface area contributed by atoms with Crippen molar-refractivity contribution in [3.05, 3.63) is 35.9 Å². The number of carbonyl (C=O) groups is 1. The monoisotopic (exact) mass is 262 g/mol. The molecule has 0 aliphatic heterocycles. The van der Waals surface area contributed by atoms with Crippen molar-refractivity contribution in [3.63, 3.8) is 0 Å². The molecule has 1 amide bonds. The van der Waals surface area contributed by atoms with E-state index in [0.29, 0.717) is 19.4 Å². The lowest BCUT2D eigenvalue weighted by atomic mass is 9.99. The summed E-state index contributed by atoms with van der Waals surface area (Å²) in [5.41, 5.74) is 11.7. The van der Waals surface area contributed by atoms with Gasteiger partial charge in [-0.05, 0) is 31.2 Å². The lowest BCUT2D eigenvalue weighted by molar-refractivity contribution is -0.123. The van der Waals surface area contributed by atoms with E-state index in [2.05, 4.69) is 12.1 Å². The topological polar surface area (TPSA) is 78.3 Å². The van der Waals surface area contributed by atoms with Gasteiger partial charge in [0.25, 0.3) is 0 Å². The van der Waals surface area contributed by atoms with Crippen LogP contribution in [0, 0.1) is 0 Å². The molecule has 1 saturated carbocycles. The highest BCUT2D eigenvalue weighted by Crippen LogP contribution is 2.29. The third-order valence-electron chi connectivity index (χ3n) is 3.80. The van der Waals surface area contributed by atoms with Crippen LogP contribution in [0.4, 0.5) is 0 Å². The molecule has 0 spiro atoms. The molecule has 104 valence electrons. The zero-order chi connectivity index (χ0) is 13.7. The zero-order valence-electron chi connectivity index (χ0n) is 11.2. The van der Waals surface area contributed by atoms with Gasteiger partial charge >= 0.3 is 0 Å². The summed E-state index contributed by atoms with van der Waals surface area (Å²) in [5, 5.41) is 0. The van der Waals surface area contributed by atoms with Crippen molar-refractivity contribution in [1.29, 1.82) is 0 Å². The molecule has 0 heterocycles. The van der Waals surface area contributed by atoms with Crippen molar-refractivity contribution in [2.45, 2.75) is 43.7 Å². The Bertz CT molecular complexity index is 421. The fourth-order valence-corrected chi connectivity index (χ4v) is 2.57. The maximum Gasteiger partial charge on any atom is 0.237 e. The van der Waals surface area contributed by atoms with Gasteiger partial charge < -0.3 is 16.2 Å². The Hall–Kier alpha value is -1.39. The summed E-state index contributed by atoms with van der Waals surface area (Å²) in [6, 6.07) is 10.3. The fourth-order valence-electron chi connectivity index (χ4n) is 2.57. The number of hydrogen-bond donors (Lipinski definition) is 2. The molecule has 4 nitrogen and oxygen atoms in total. The van der Waals surface area contributed by atoms with Crippen LogP contribution < -0.4 is 11.5 Å². The molecular formula is C15H22N2O2. The molecule has 0 saturated heterocycles. The molecule has 0 aromatic heterocycles. The predicted molar refractivity (Wildman–Crippen MR) is 74.5 cm³/mol. The number of amides is 1. The van der Waals surface area contributed by atoms with Gasteiger partial charge in [-0.25, -0.2) is 0 Å². The average molecular weight is 262 g/mol. The van der Waals surface area contributed by atoms with Crippen molar-refractivity contribution in [2.75, 3.05) is 6.61 Å². The summed E-state index contributed by atoms with van der Waals surface area (Å²) in [7, 11) is 0. The summed E-state index contributed by atoms with van der Waals surface area (Å²) < 4.78 is 5.78. The van der Waals surface area contributed by atoms with Crippen LogP contribution in [-0.2, 0) is 16.0 Å². The standard InChI is InChI=1S/C15H22N2O2/c16-14(18)15(17)9-8-13(11-15)19-10-4-7-12-5-2-1-3-6-12/h1-3,5-6,13H,4,7-11,17H2,(H2,16,18). The third kappa shape index (κ3) is 3.78. The van der Waals surface area contributed by atoms with Gasteiger partial charge in [-0.3, -0.25) is 4.79 Å². The minimum Gasteiger partial charge on any atom is -0.378 e. The van der Waals surface area contributed by atoms with Gasteiger partial charge in [-0.2, -0.15) is 0 Å². The van der Waals surface area contributed by atoms with Gasteiger partial charge in [0.15, 0.2) is 0 Å². The molecule has 1 aliphatic rings. The lowest BCUT2D eigenvalue weighted by Gasteiger charge is -2.19. The minimum atomic E-state index is -0.857. The normalized spacial score (nSPS) is 26.5. The molecule has 2 rings (SSSR count). The molecule has 4 heteroatoms. The fraction of sp³-hybridized carbons (Fsp3) is 0.533. The number of ether oxygens (including phenoxy) is 1. The van der Waals surface area contributed by atoms with Crippen molar-refractivity contribution >= 4 is 5.91 Å². The molecule has 4 N–H and O–H groups in total. The van der Waals surface area contributed by atoms with Gasteiger partial charge in [-0.15, -0.1) is 0 Å². The van der Waals surface area contributed by atoms with Crippen molar-refractivity contribution in [1.82, 2.24) is 0 Å². The van der Waals surface area contributed by atoms with E-state index in [9.17, 15) is 4.79 Å². The number of benzene rings is 1. The third-order valence-corrected chi connectivity index (χ3v) is 3.80. The molecule has 0 radical (unpaired) electrons. The van der Waals surface area contributed by atoms with Crippen LogP contribution in [0.15, 0.2) is 30.3 Å². The van der Waals surface area contributed by atoms with Crippen LogP contribution in [0.1, 0.15) is 31.2 Å². The Morgan fingerprint density at radius 3 is 2.74 bits per heavy atom. The van der Waals surface area contributed by atoms with E-state index in [0.717, 1.165) is 19.3 Å². The van der Waals surface area contributed by atoms with Gasteiger partial charge in [0.1, 0.15) is 0 Å². The van der Waals surface area contributed by atoms with Crippen LogP contribution in [0.25, 0.3) is 0 Å². The Balaban J connectivity index is 1.66. The van der Waals surface area contributed by atoms with E-state index >= 15 is 0 Å². The van der Waals surface area contributed by atoms with E-state index in [1.165, 1.54) is 5.56 Å². The first kappa shape index (κ1) is 14.0. The van der Waals surface area contributed by atoms with Crippen LogP contribution in [0.2, 0.25) is 0 Å². The Morgan fingerprint density at radius 2 is 2.11 bits per heavy atom. The van der Waals surface area contributed by atoms with Gasteiger partial charge in [-0.1, -0.05) is 30.3 Å². The number of carbonyl (C=O) groups excluding carboxylic acids is 1. The van der Waals surface area contributed by atoms with Crippen LogP contribution in [0.3, 0.4) is 0 Å². The number of hydrogen-bond acceptors (Lipinski definition) is 3. The first-order valence-electron chi connectivity index (χ1n) is 6.84. The Labute approximate surface area is 114 Å². The number of aryl methyl sites for hydroxylation is 1. The molecule has 2 atom stereocenters. The number of primary amides is 1. The quantitative estimate of drug-likeness (QED) is 0.760. The van der Waals surface area contributed by atoms with Crippen LogP contribution in [0.5, 0.6) is 0 Å². The second-order valence-corrected chi connectivity index (χ2v) is 5.35. The van der Waals surface area contributed by atoms with Crippen molar-refractivity contribution in [3.8, 4) is 0 Å². The highest BCUT2D eigenvalue weighted by Gasteiger charge is 2.40. The van der Waals surface area contributed by atoms with Gasteiger partial charge in [0.05, 0.1) is 11.6 Å². The first-order valence-corrected chi connectivity index (χ1v) is 6.84. The molecule has 0 bridgehead atoms. The Morgan fingerprint density at radius 1 is 1.37 bits per heavy atom. The summed E-state index contributed by atoms with van der Waals surface area (Å²) in [6.07, 6.45) is 4.07. The number of nitrogens with two attached hydrogens (primary N) is 2. The molecule has 19 heavy (non-hydrogen) atoms. The minimum absolute atomic E-state index is 0.0771. The SMILES string of the molecule is NC(=O)C1(N)CCC(OCCCc2ccccc2)C1. The van der Waals surface area contributed by atoms with E-state index < -0.39 is 11.4 Å². The van der Waals surface area contributed by atoms with E-state index in [1.54, 1.807) is 0 Å². The summed E-state index contributed by atoms with van der Waals surface area (Å²) in [6.45, 7) is 0.703. The Kier molecular flexibility index (Phi) is 4.56. The summed E-state index contributed by atoms with van der Waals surface area (Å²) in [4.78, 5) is 11.2. The van der Waals surface area contributed by atoms with E-state index in [-0.39, 0.29) is 6.10 Å². The van der Waals surface area contributed by atoms with Crippen molar-refractivity contribution < 1.29 is 9.53 Å². The molecule has 1 aromatic rings. The highest BCUT2D eigenvalue weighted by atomic mass is 16.5. The smallest absolute Gasteiger partial charge is 0.237 e. The van der Waals surface area contributed by atoms with Crippen LogP contribution >= 0.6 is 0 Å². The van der Waals surface area contributed by atoms with E-state index in [4.69, 9.17) is 16.2 Å². The first-order chi connectivity index (χ1) is 9.10. The maximum absolute atomic E-state index is 11.2. The maximum atomic E-state index is 11.2. The van der Waals surface area contributed by atoms with E-state index in [1.807, 2.05) is 18.2 Å². The largest absolute Gasteiger partial charge is 0.378 e. The molecule has 1 fully saturated rings. The zero-order valence-corrected chi connectivity index (χ0v) is 11.2. The van der Waals surface area contributed by atoms with Crippen molar-refractivity contribution in [2.24, 2.45) is 11.5 Å². The molecule has 1 aromatic carbocycles. The summed E-state index contributed by atoms with van der Waals surface area (Å²) >= 11 is 0. The lowest BCUT2D eigenvalue weighted by Crippen LogP contribution is -2.50. The molecule has 1 aliphatic carbocycles. The second-order valence-electron chi connectivity index (χ2n) is 5.35. The molecular weight excluding hydrogens is 240 g/mol. The number of rotatable bonds is 6. The summed E-state index contributed by atoms with van der Waals surface area (Å²) in [5.74, 6) is -0.414. The molecule has 2 unspecified atom stereocenters. The highest BCUT2D eigenvalue weighted by molar-refractivity contribution is 5.84. The predicted octanol–water partition coefficient (Wildman–Crippen LogP) is 1.37. The van der Waals surface area contributed by atoms with Gasteiger partial charge in [0.2, 0.25) is 5.91 Å². The van der Waals surface area contributed by atoms with Crippen LogP contribution in [-0.4, -0.2) is 24.2 Å². The average Bonchev–Trinajstić information content (AvgIpc) is 2.79.